The van der Waals surface area contributed by atoms with E-state index in [9.17, 15) is 8.42 Å². The third kappa shape index (κ3) is 4.18. The molecule has 1 N–H and O–H groups in total. The summed E-state index contributed by atoms with van der Waals surface area (Å²) in [5.41, 5.74) is 0.890. The topological polar surface area (TPSA) is 80.1 Å². The standard InChI is InChI=1S/C11H21N5O2S2/c1-12-7-10-8-16(14-13-10)4-3-15-5-6-19-9-11(15)20(2,17)18/h8,11-12H,3-7,9H2,1-2H3. The van der Waals surface area contributed by atoms with Gasteiger partial charge < -0.3 is 5.32 Å². The second kappa shape index (κ2) is 6.88. The Bertz CT molecular complexity index is 531. The quantitative estimate of drug-likeness (QED) is 0.751. The first-order valence-electron chi connectivity index (χ1n) is 6.55. The third-order valence-electron chi connectivity index (χ3n) is 3.25. The van der Waals surface area contributed by atoms with Gasteiger partial charge in [-0.15, -0.1) is 5.10 Å². The van der Waals surface area contributed by atoms with Gasteiger partial charge >= 0.3 is 0 Å². The Balaban J connectivity index is 1.93. The summed E-state index contributed by atoms with van der Waals surface area (Å²) in [5.74, 6) is 1.63. The molecule has 0 aliphatic carbocycles. The monoisotopic (exact) mass is 319 g/mol. The van der Waals surface area contributed by atoms with E-state index < -0.39 is 9.84 Å². The van der Waals surface area contributed by atoms with Gasteiger partial charge in [-0.25, -0.2) is 8.42 Å². The molecule has 2 rings (SSSR count). The maximum absolute atomic E-state index is 11.8. The van der Waals surface area contributed by atoms with Crippen LogP contribution in [0.5, 0.6) is 0 Å². The first-order chi connectivity index (χ1) is 9.50. The van der Waals surface area contributed by atoms with Gasteiger partial charge in [-0.1, -0.05) is 5.21 Å². The van der Waals surface area contributed by atoms with Gasteiger partial charge in [0.15, 0.2) is 9.84 Å². The van der Waals surface area contributed by atoms with Crippen molar-refractivity contribution >= 4 is 21.6 Å². The highest BCUT2D eigenvalue weighted by atomic mass is 32.2. The van der Waals surface area contributed by atoms with Crippen LogP contribution in [0.2, 0.25) is 0 Å². The lowest BCUT2D eigenvalue weighted by Gasteiger charge is -2.33. The SMILES string of the molecule is CNCc1cn(CCN2CCSCC2S(C)(=O)=O)nn1. The number of hydrogen-bond donors (Lipinski definition) is 1. The van der Waals surface area contributed by atoms with Crippen LogP contribution in [-0.4, -0.2) is 71.6 Å². The Morgan fingerprint density at radius 2 is 2.30 bits per heavy atom. The minimum Gasteiger partial charge on any atom is -0.314 e. The van der Waals surface area contributed by atoms with Crippen LogP contribution in [0.25, 0.3) is 0 Å². The van der Waals surface area contributed by atoms with Crippen molar-refractivity contribution in [3.05, 3.63) is 11.9 Å². The van der Waals surface area contributed by atoms with Crippen molar-refractivity contribution in [2.45, 2.75) is 18.5 Å². The van der Waals surface area contributed by atoms with E-state index in [2.05, 4.69) is 15.6 Å². The zero-order chi connectivity index (χ0) is 14.6. The second-order valence-electron chi connectivity index (χ2n) is 4.90. The predicted octanol–water partition coefficient (Wildman–Crippen LogP) is -0.583. The van der Waals surface area contributed by atoms with E-state index in [4.69, 9.17) is 0 Å². The van der Waals surface area contributed by atoms with Crippen LogP contribution in [0.3, 0.4) is 0 Å². The van der Waals surface area contributed by atoms with Crippen molar-refractivity contribution in [3.8, 4) is 0 Å². The van der Waals surface area contributed by atoms with Crippen LogP contribution in [0.4, 0.5) is 0 Å². The van der Waals surface area contributed by atoms with Crippen LogP contribution >= 0.6 is 11.8 Å². The van der Waals surface area contributed by atoms with Crippen molar-refractivity contribution in [2.24, 2.45) is 0 Å². The molecule has 1 atom stereocenters. The zero-order valence-corrected chi connectivity index (χ0v) is 13.5. The van der Waals surface area contributed by atoms with Gasteiger partial charge in [-0.3, -0.25) is 9.58 Å². The van der Waals surface area contributed by atoms with Gasteiger partial charge in [0.25, 0.3) is 0 Å². The molecule has 0 bridgehead atoms. The van der Waals surface area contributed by atoms with Crippen molar-refractivity contribution in [1.29, 1.82) is 0 Å². The second-order valence-corrected chi connectivity index (χ2v) is 8.25. The molecule has 20 heavy (non-hydrogen) atoms. The molecule has 2 heterocycles. The maximum atomic E-state index is 11.8. The smallest absolute Gasteiger partial charge is 0.164 e. The first kappa shape index (κ1) is 15.7. The summed E-state index contributed by atoms with van der Waals surface area (Å²) in [4.78, 5) is 2.03. The predicted molar refractivity (Wildman–Crippen MR) is 80.3 cm³/mol. The summed E-state index contributed by atoms with van der Waals surface area (Å²) in [6.45, 7) is 2.83. The highest BCUT2D eigenvalue weighted by molar-refractivity contribution is 8.00. The van der Waals surface area contributed by atoms with E-state index in [0.29, 0.717) is 25.4 Å². The Kier molecular flexibility index (Phi) is 5.42. The zero-order valence-electron chi connectivity index (χ0n) is 11.8. The lowest BCUT2D eigenvalue weighted by Crippen LogP contribution is -2.47. The van der Waals surface area contributed by atoms with Crippen LogP contribution in [-0.2, 0) is 22.9 Å². The summed E-state index contributed by atoms with van der Waals surface area (Å²) >= 11 is 1.70. The van der Waals surface area contributed by atoms with E-state index in [1.807, 2.05) is 18.1 Å². The average Bonchev–Trinajstić information content (AvgIpc) is 2.84. The normalized spacial score (nSPS) is 21.2. The summed E-state index contributed by atoms with van der Waals surface area (Å²) in [7, 11) is -1.17. The molecule has 1 aliphatic heterocycles. The minimum atomic E-state index is -3.03. The molecular weight excluding hydrogens is 298 g/mol. The number of thioether (sulfide) groups is 1. The lowest BCUT2D eigenvalue weighted by molar-refractivity contribution is 0.254. The molecule has 114 valence electrons. The lowest BCUT2D eigenvalue weighted by atomic mass is 10.4. The van der Waals surface area contributed by atoms with Crippen molar-refractivity contribution in [1.82, 2.24) is 25.2 Å². The fraction of sp³-hybridized carbons (Fsp3) is 0.818. The Morgan fingerprint density at radius 1 is 1.50 bits per heavy atom. The van der Waals surface area contributed by atoms with Crippen LogP contribution in [0.15, 0.2) is 6.20 Å². The Labute approximate surface area is 124 Å². The Morgan fingerprint density at radius 3 is 3.00 bits per heavy atom. The molecule has 0 saturated carbocycles. The summed E-state index contributed by atoms with van der Waals surface area (Å²) < 4.78 is 25.4. The van der Waals surface area contributed by atoms with Gasteiger partial charge in [0.2, 0.25) is 0 Å². The van der Waals surface area contributed by atoms with Gasteiger partial charge in [-0.05, 0) is 7.05 Å². The molecule has 0 spiro atoms. The summed E-state index contributed by atoms with van der Waals surface area (Å²) in [5, 5.41) is 10.7. The minimum absolute atomic E-state index is 0.374. The van der Waals surface area contributed by atoms with Gasteiger partial charge in [0.05, 0.1) is 12.2 Å². The molecule has 7 nitrogen and oxygen atoms in total. The fourth-order valence-electron chi connectivity index (χ4n) is 2.21. The van der Waals surface area contributed by atoms with E-state index in [1.54, 1.807) is 16.4 Å². The maximum Gasteiger partial charge on any atom is 0.164 e. The molecule has 9 heteroatoms. The number of nitrogens with one attached hydrogen (secondary N) is 1. The molecular formula is C11H21N5O2S2. The molecule has 0 aromatic carbocycles. The number of hydrogen-bond acceptors (Lipinski definition) is 7. The van der Waals surface area contributed by atoms with Crippen molar-refractivity contribution in [2.75, 3.05) is 37.9 Å². The number of sulfone groups is 1. The van der Waals surface area contributed by atoms with E-state index in [-0.39, 0.29) is 5.37 Å². The first-order valence-corrected chi connectivity index (χ1v) is 9.66. The van der Waals surface area contributed by atoms with Crippen LogP contribution in [0.1, 0.15) is 5.69 Å². The number of nitrogens with zero attached hydrogens (tertiary/aromatic N) is 4. The molecule has 1 aromatic rings. The van der Waals surface area contributed by atoms with Gasteiger partial charge in [-0.2, -0.15) is 11.8 Å². The summed E-state index contributed by atoms with van der Waals surface area (Å²) in [6, 6.07) is 0. The van der Waals surface area contributed by atoms with E-state index in [0.717, 1.165) is 18.0 Å². The van der Waals surface area contributed by atoms with Crippen molar-refractivity contribution < 1.29 is 8.42 Å². The van der Waals surface area contributed by atoms with Crippen LogP contribution < -0.4 is 5.32 Å². The largest absolute Gasteiger partial charge is 0.314 e. The average molecular weight is 319 g/mol. The highest BCUT2D eigenvalue weighted by Crippen LogP contribution is 2.20. The van der Waals surface area contributed by atoms with Crippen LogP contribution in [0, 0.1) is 0 Å². The third-order valence-corrected chi connectivity index (χ3v) is 5.93. The Hall–Kier alpha value is -0.640. The highest BCUT2D eigenvalue weighted by Gasteiger charge is 2.30. The number of rotatable bonds is 6. The van der Waals surface area contributed by atoms with E-state index in [1.165, 1.54) is 6.26 Å². The van der Waals surface area contributed by atoms with Crippen molar-refractivity contribution in [3.63, 3.8) is 0 Å². The molecule has 1 aliphatic rings. The molecule has 1 saturated heterocycles. The van der Waals surface area contributed by atoms with Gasteiger partial charge in [0, 0.05) is 43.6 Å². The summed E-state index contributed by atoms with van der Waals surface area (Å²) in [6.07, 6.45) is 3.21. The fourth-order valence-corrected chi connectivity index (χ4v) is 5.18. The molecule has 1 unspecified atom stereocenters. The van der Waals surface area contributed by atoms with E-state index >= 15 is 0 Å². The number of aromatic nitrogens is 3. The molecule has 1 fully saturated rings. The molecule has 0 radical (unpaired) electrons. The van der Waals surface area contributed by atoms with Gasteiger partial charge in [0.1, 0.15) is 5.37 Å². The molecule has 0 amide bonds. The molecule has 1 aromatic heterocycles.